The summed E-state index contributed by atoms with van der Waals surface area (Å²) in [6, 6.07) is 12.4. The molecule has 0 radical (unpaired) electrons. The predicted octanol–water partition coefficient (Wildman–Crippen LogP) is 3.99. The van der Waals surface area contributed by atoms with Crippen LogP contribution in [0.3, 0.4) is 0 Å². The van der Waals surface area contributed by atoms with Gasteiger partial charge < -0.3 is 9.84 Å². The largest absolute Gasteiger partial charge is 0.496 e. The monoisotopic (exact) mass is 352 g/mol. The Balaban J connectivity index is 2.13. The van der Waals surface area contributed by atoms with Crippen LogP contribution < -0.4 is 4.74 Å². The lowest BCUT2D eigenvalue weighted by Crippen LogP contribution is -2.14. The Labute approximate surface area is 132 Å². The average molecular weight is 353 g/mol. The molecule has 0 amide bonds. The molecule has 2 rings (SSSR count). The van der Waals surface area contributed by atoms with Gasteiger partial charge in [-0.3, -0.25) is 0 Å². The van der Waals surface area contributed by atoms with Crippen molar-refractivity contribution in [3.63, 3.8) is 0 Å². The summed E-state index contributed by atoms with van der Waals surface area (Å²) < 4.78 is 19.2. The fraction of sp³-hybridized carbons (Fsp3) is 0.294. The van der Waals surface area contributed by atoms with E-state index in [1.807, 2.05) is 24.3 Å². The molecule has 2 aromatic carbocycles. The molecule has 1 atom stereocenters. The van der Waals surface area contributed by atoms with Crippen LogP contribution in [0.4, 0.5) is 4.39 Å². The van der Waals surface area contributed by atoms with E-state index in [1.165, 1.54) is 12.1 Å². The van der Waals surface area contributed by atoms with E-state index in [1.54, 1.807) is 13.2 Å². The number of aliphatic hydroxyl groups excluding tert-OH is 1. The summed E-state index contributed by atoms with van der Waals surface area (Å²) in [5.41, 5.74) is 2.06. The molecule has 0 aliphatic heterocycles. The van der Waals surface area contributed by atoms with Gasteiger partial charge in [-0.05, 0) is 48.1 Å². The lowest BCUT2D eigenvalue weighted by Gasteiger charge is -2.17. The highest BCUT2D eigenvalue weighted by atomic mass is 79.9. The van der Waals surface area contributed by atoms with Crippen molar-refractivity contribution >= 4 is 15.9 Å². The Morgan fingerprint density at radius 2 is 1.86 bits per heavy atom. The van der Waals surface area contributed by atoms with E-state index in [2.05, 4.69) is 15.9 Å². The third-order valence-corrected chi connectivity index (χ3v) is 4.22. The third kappa shape index (κ3) is 4.29. The predicted molar refractivity (Wildman–Crippen MR) is 85.1 cm³/mol. The van der Waals surface area contributed by atoms with Crippen LogP contribution >= 0.6 is 15.9 Å². The second-order valence-electron chi connectivity index (χ2n) is 5.00. The zero-order valence-corrected chi connectivity index (χ0v) is 13.4. The first-order valence-corrected chi connectivity index (χ1v) is 7.60. The number of halogens is 2. The smallest absolute Gasteiger partial charge is 0.124 e. The second kappa shape index (κ2) is 7.57. The minimum Gasteiger partial charge on any atom is -0.496 e. The molecule has 2 nitrogen and oxygen atoms in total. The summed E-state index contributed by atoms with van der Waals surface area (Å²) in [4.78, 5) is 0. The molecule has 0 bridgehead atoms. The van der Waals surface area contributed by atoms with Crippen molar-refractivity contribution in [2.45, 2.75) is 12.8 Å². The molecule has 0 aliphatic carbocycles. The van der Waals surface area contributed by atoms with Gasteiger partial charge in [0.15, 0.2) is 0 Å². The first kappa shape index (κ1) is 16.0. The Kier molecular flexibility index (Phi) is 5.76. The Morgan fingerprint density at radius 1 is 1.14 bits per heavy atom. The fourth-order valence-corrected chi connectivity index (χ4v) is 2.89. The molecule has 21 heavy (non-hydrogen) atoms. The zero-order valence-electron chi connectivity index (χ0n) is 11.9. The molecule has 4 heteroatoms. The van der Waals surface area contributed by atoms with Crippen LogP contribution in [0, 0.1) is 11.7 Å². The van der Waals surface area contributed by atoms with Crippen molar-refractivity contribution in [2.75, 3.05) is 13.7 Å². The molecule has 0 saturated heterocycles. The summed E-state index contributed by atoms with van der Waals surface area (Å²) in [7, 11) is 1.64. The van der Waals surface area contributed by atoms with Gasteiger partial charge in [0, 0.05) is 11.1 Å². The number of benzene rings is 2. The third-order valence-electron chi connectivity index (χ3n) is 3.48. The van der Waals surface area contributed by atoms with Gasteiger partial charge in [0.25, 0.3) is 0 Å². The van der Waals surface area contributed by atoms with E-state index in [9.17, 15) is 9.50 Å². The Hall–Kier alpha value is -1.39. The number of para-hydroxylation sites is 1. The van der Waals surface area contributed by atoms with Crippen molar-refractivity contribution in [1.29, 1.82) is 0 Å². The standard InChI is InChI=1S/C17H18BrFO2/c1-21-17-5-3-2-4-14(17)9-12(11-20)8-13-6-7-15(19)10-16(13)18/h2-7,10,12,20H,8-9,11H2,1H3. The van der Waals surface area contributed by atoms with Crippen molar-refractivity contribution < 1.29 is 14.2 Å². The molecule has 1 N–H and O–H groups in total. The molecule has 112 valence electrons. The number of rotatable bonds is 6. The van der Waals surface area contributed by atoms with Gasteiger partial charge >= 0.3 is 0 Å². The fourth-order valence-electron chi connectivity index (χ4n) is 2.38. The van der Waals surface area contributed by atoms with E-state index < -0.39 is 0 Å². The number of methoxy groups -OCH3 is 1. The van der Waals surface area contributed by atoms with Crippen LogP contribution in [0.2, 0.25) is 0 Å². The van der Waals surface area contributed by atoms with E-state index in [-0.39, 0.29) is 18.3 Å². The number of hydrogen-bond donors (Lipinski definition) is 1. The first-order valence-electron chi connectivity index (χ1n) is 6.80. The highest BCUT2D eigenvalue weighted by molar-refractivity contribution is 9.10. The average Bonchev–Trinajstić information content (AvgIpc) is 2.49. The van der Waals surface area contributed by atoms with Gasteiger partial charge in [-0.15, -0.1) is 0 Å². The molecular formula is C17H18BrFO2. The maximum Gasteiger partial charge on any atom is 0.124 e. The van der Waals surface area contributed by atoms with Gasteiger partial charge in [-0.2, -0.15) is 0 Å². The van der Waals surface area contributed by atoms with E-state index in [4.69, 9.17) is 4.74 Å². The summed E-state index contributed by atoms with van der Waals surface area (Å²) in [5.74, 6) is 0.619. The van der Waals surface area contributed by atoms with Gasteiger partial charge in [0.05, 0.1) is 7.11 Å². The van der Waals surface area contributed by atoms with Crippen LogP contribution in [0.15, 0.2) is 46.9 Å². The van der Waals surface area contributed by atoms with E-state index >= 15 is 0 Å². The van der Waals surface area contributed by atoms with Crippen molar-refractivity contribution in [3.05, 3.63) is 63.9 Å². The van der Waals surface area contributed by atoms with Crippen LogP contribution in [-0.4, -0.2) is 18.8 Å². The molecule has 1 unspecified atom stereocenters. The SMILES string of the molecule is COc1ccccc1CC(CO)Cc1ccc(F)cc1Br. The maximum absolute atomic E-state index is 13.1. The normalized spacial score (nSPS) is 12.2. The molecule has 0 heterocycles. The first-order chi connectivity index (χ1) is 10.1. The van der Waals surface area contributed by atoms with Gasteiger partial charge in [0.2, 0.25) is 0 Å². The van der Waals surface area contributed by atoms with Crippen molar-refractivity contribution in [3.8, 4) is 5.75 Å². The molecule has 0 aliphatic rings. The van der Waals surface area contributed by atoms with Crippen LogP contribution in [0.25, 0.3) is 0 Å². The summed E-state index contributed by atoms with van der Waals surface area (Å²) in [6.07, 6.45) is 1.39. The molecule has 0 saturated carbocycles. The number of aliphatic hydroxyl groups is 1. The van der Waals surface area contributed by atoms with Gasteiger partial charge in [-0.1, -0.05) is 40.2 Å². The molecule has 0 spiro atoms. The van der Waals surface area contributed by atoms with Crippen LogP contribution in [0.1, 0.15) is 11.1 Å². The summed E-state index contributed by atoms with van der Waals surface area (Å²) >= 11 is 3.37. The van der Waals surface area contributed by atoms with Gasteiger partial charge in [0.1, 0.15) is 11.6 Å². The lowest BCUT2D eigenvalue weighted by molar-refractivity contribution is 0.224. The minimum absolute atomic E-state index is 0.0584. The van der Waals surface area contributed by atoms with Crippen LogP contribution in [-0.2, 0) is 12.8 Å². The van der Waals surface area contributed by atoms with Gasteiger partial charge in [-0.25, -0.2) is 4.39 Å². The van der Waals surface area contributed by atoms with Crippen LogP contribution in [0.5, 0.6) is 5.75 Å². The highest BCUT2D eigenvalue weighted by Crippen LogP contribution is 2.25. The van der Waals surface area contributed by atoms with E-state index in [0.717, 1.165) is 21.3 Å². The topological polar surface area (TPSA) is 29.5 Å². The zero-order chi connectivity index (χ0) is 15.2. The molecule has 0 aromatic heterocycles. The number of hydrogen-bond acceptors (Lipinski definition) is 2. The van der Waals surface area contributed by atoms with Crippen molar-refractivity contribution in [1.82, 2.24) is 0 Å². The highest BCUT2D eigenvalue weighted by Gasteiger charge is 2.14. The molecule has 0 fully saturated rings. The van der Waals surface area contributed by atoms with Crippen molar-refractivity contribution in [2.24, 2.45) is 5.92 Å². The maximum atomic E-state index is 13.1. The summed E-state index contributed by atoms with van der Waals surface area (Å²) in [5, 5.41) is 9.63. The Bertz CT molecular complexity index is 601. The van der Waals surface area contributed by atoms with E-state index in [0.29, 0.717) is 12.8 Å². The Morgan fingerprint density at radius 3 is 2.52 bits per heavy atom. The lowest BCUT2D eigenvalue weighted by atomic mass is 9.93. The molecule has 2 aromatic rings. The second-order valence-corrected chi connectivity index (χ2v) is 5.86. The number of ether oxygens (including phenoxy) is 1. The quantitative estimate of drug-likeness (QED) is 0.851. The minimum atomic E-state index is -0.268. The molecular weight excluding hydrogens is 335 g/mol. The summed E-state index contributed by atoms with van der Waals surface area (Å²) in [6.45, 7) is 0.0713.